The molecule has 0 aromatic carbocycles. The van der Waals surface area contributed by atoms with E-state index in [1.165, 1.54) is 12.8 Å². The molecule has 1 aromatic rings. The van der Waals surface area contributed by atoms with E-state index in [4.69, 9.17) is 0 Å². The van der Waals surface area contributed by atoms with E-state index in [1.54, 1.807) is 25.2 Å². The first-order chi connectivity index (χ1) is 8.18. The highest BCUT2D eigenvalue weighted by Crippen LogP contribution is 2.21. The summed E-state index contributed by atoms with van der Waals surface area (Å²) in [6.07, 6.45) is 4.07. The van der Waals surface area contributed by atoms with Gasteiger partial charge in [-0.05, 0) is 31.5 Å². The molecule has 1 aliphatic heterocycles. The molecule has 4 nitrogen and oxygen atoms in total. The van der Waals surface area contributed by atoms with Crippen molar-refractivity contribution in [3.63, 3.8) is 0 Å². The maximum atomic E-state index is 11.7. The second-order valence-corrected chi connectivity index (χ2v) is 4.71. The number of carbonyl (C=O) groups is 1. The number of piperidine rings is 1. The molecule has 0 saturated carbocycles. The van der Waals surface area contributed by atoms with Gasteiger partial charge in [-0.15, -0.1) is 0 Å². The van der Waals surface area contributed by atoms with Crippen LogP contribution in [-0.4, -0.2) is 43.0 Å². The van der Waals surface area contributed by atoms with Crippen molar-refractivity contribution in [3.8, 4) is 0 Å². The van der Waals surface area contributed by atoms with Gasteiger partial charge in [0.1, 0.15) is 0 Å². The Morgan fingerprint density at radius 2 is 2.29 bits per heavy atom. The Labute approximate surface area is 102 Å². The molecule has 0 aliphatic carbocycles. The average molecular weight is 233 g/mol. The molecule has 2 heterocycles. The highest BCUT2D eigenvalue weighted by atomic mass is 16.2. The fourth-order valence-corrected chi connectivity index (χ4v) is 2.14. The maximum Gasteiger partial charge on any atom is 0.254 e. The minimum Gasteiger partial charge on any atom is -0.345 e. The van der Waals surface area contributed by atoms with Crippen LogP contribution in [0.15, 0.2) is 18.3 Å². The number of amides is 1. The second kappa shape index (κ2) is 5.27. The summed E-state index contributed by atoms with van der Waals surface area (Å²) in [5.74, 6) is 0.498. The standard InChI is InChI=1S/C13H19N3O/c1-16(2)13(17)11-5-6-12(15-9-11)10-4-3-7-14-8-10/h5-6,9-10,14H,3-4,7-8H2,1-2H3. The van der Waals surface area contributed by atoms with Crippen LogP contribution in [0.5, 0.6) is 0 Å². The molecular formula is C13H19N3O. The fraction of sp³-hybridized carbons (Fsp3) is 0.538. The van der Waals surface area contributed by atoms with Crippen LogP contribution < -0.4 is 5.32 Å². The van der Waals surface area contributed by atoms with Gasteiger partial charge >= 0.3 is 0 Å². The lowest BCUT2D eigenvalue weighted by molar-refractivity contribution is 0.0827. The first-order valence-corrected chi connectivity index (χ1v) is 6.07. The number of aromatic nitrogens is 1. The SMILES string of the molecule is CN(C)C(=O)c1ccc(C2CCCNC2)nc1. The van der Waals surface area contributed by atoms with Crippen molar-refractivity contribution in [1.82, 2.24) is 15.2 Å². The molecule has 1 aromatic heterocycles. The number of nitrogens with zero attached hydrogens (tertiary/aromatic N) is 2. The van der Waals surface area contributed by atoms with Gasteiger partial charge in [-0.25, -0.2) is 0 Å². The van der Waals surface area contributed by atoms with Gasteiger partial charge in [0.25, 0.3) is 5.91 Å². The zero-order chi connectivity index (χ0) is 12.3. The van der Waals surface area contributed by atoms with Crippen LogP contribution in [-0.2, 0) is 0 Å². The van der Waals surface area contributed by atoms with Crippen molar-refractivity contribution >= 4 is 5.91 Å². The largest absolute Gasteiger partial charge is 0.345 e. The van der Waals surface area contributed by atoms with E-state index < -0.39 is 0 Å². The van der Waals surface area contributed by atoms with E-state index >= 15 is 0 Å². The first-order valence-electron chi connectivity index (χ1n) is 6.07. The molecule has 4 heteroatoms. The summed E-state index contributed by atoms with van der Waals surface area (Å²) in [5, 5.41) is 3.37. The third kappa shape index (κ3) is 2.82. The first kappa shape index (κ1) is 12.0. The summed E-state index contributed by atoms with van der Waals surface area (Å²) in [5.41, 5.74) is 1.75. The molecule has 0 spiro atoms. The normalized spacial score (nSPS) is 20.0. The van der Waals surface area contributed by atoms with Gasteiger partial charge in [-0.2, -0.15) is 0 Å². The quantitative estimate of drug-likeness (QED) is 0.836. The highest BCUT2D eigenvalue weighted by molar-refractivity contribution is 5.93. The lowest BCUT2D eigenvalue weighted by Crippen LogP contribution is -2.29. The van der Waals surface area contributed by atoms with Crippen molar-refractivity contribution in [2.24, 2.45) is 0 Å². The summed E-state index contributed by atoms with van der Waals surface area (Å²) in [6, 6.07) is 3.85. The van der Waals surface area contributed by atoms with Crippen molar-refractivity contribution in [3.05, 3.63) is 29.6 Å². The fourth-order valence-electron chi connectivity index (χ4n) is 2.14. The molecule has 92 valence electrons. The predicted molar refractivity (Wildman–Crippen MR) is 67.1 cm³/mol. The lowest BCUT2D eigenvalue weighted by atomic mass is 9.95. The van der Waals surface area contributed by atoms with Crippen molar-refractivity contribution in [2.45, 2.75) is 18.8 Å². The summed E-state index contributed by atoms with van der Waals surface area (Å²) in [4.78, 5) is 17.7. The smallest absolute Gasteiger partial charge is 0.254 e. The maximum absolute atomic E-state index is 11.7. The van der Waals surface area contributed by atoms with Crippen LogP contribution in [0.4, 0.5) is 0 Å². The minimum absolute atomic E-state index is 0.00539. The molecular weight excluding hydrogens is 214 g/mol. The molecule has 17 heavy (non-hydrogen) atoms. The predicted octanol–water partition coefficient (Wildman–Crippen LogP) is 1.25. The third-order valence-corrected chi connectivity index (χ3v) is 3.15. The zero-order valence-electron chi connectivity index (χ0n) is 10.4. The van der Waals surface area contributed by atoms with Crippen LogP contribution in [0.2, 0.25) is 0 Å². The second-order valence-electron chi connectivity index (χ2n) is 4.71. The number of hydrogen-bond acceptors (Lipinski definition) is 3. The molecule has 1 amide bonds. The highest BCUT2D eigenvalue weighted by Gasteiger charge is 2.17. The molecule has 1 aliphatic rings. The lowest BCUT2D eigenvalue weighted by Gasteiger charge is -2.22. The van der Waals surface area contributed by atoms with Crippen LogP contribution in [0, 0.1) is 0 Å². The Hall–Kier alpha value is -1.42. The Bertz CT molecular complexity index is 380. The van der Waals surface area contributed by atoms with Crippen molar-refractivity contribution in [2.75, 3.05) is 27.2 Å². The molecule has 1 fully saturated rings. The van der Waals surface area contributed by atoms with E-state index in [0.29, 0.717) is 11.5 Å². The molecule has 1 atom stereocenters. The van der Waals surface area contributed by atoms with Gasteiger partial charge in [0, 0.05) is 38.4 Å². The van der Waals surface area contributed by atoms with E-state index in [0.717, 1.165) is 18.8 Å². The van der Waals surface area contributed by atoms with Gasteiger partial charge < -0.3 is 10.2 Å². The topological polar surface area (TPSA) is 45.2 Å². The Balaban J connectivity index is 2.09. The summed E-state index contributed by atoms with van der Waals surface area (Å²) in [7, 11) is 3.50. The Morgan fingerprint density at radius 3 is 2.82 bits per heavy atom. The molecule has 1 unspecified atom stereocenters. The minimum atomic E-state index is 0.00539. The molecule has 1 N–H and O–H groups in total. The monoisotopic (exact) mass is 233 g/mol. The molecule has 0 bridgehead atoms. The number of hydrogen-bond donors (Lipinski definition) is 1. The molecule has 1 saturated heterocycles. The van der Waals surface area contributed by atoms with Gasteiger partial charge in [-0.1, -0.05) is 0 Å². The van der Waals surface area contributed by atoms with Crippen LogP contribution in [0.25, 0.3) is 0 Å². The summed E-state index contributed by atoms with van der Waals surface area (Å²) >= 11 is 0. The Kier molecular flexibility index (Phi) is 3.74. The van der Waals surface area contributed by atoms with Gasteiger partial charge in [0.05, 0.1) is 5.56 Å². The van der Waals surface area contributed by atoms with E-state index in [2.05, 4.69) is 10.3 Å². The van der Waals surface area contributed by atoms with E-state index in [9.17, 15) is 4.79 Å². The average Bonchev–Trinajstić information content (AvgIpc) is 2.39. The number of carbonyl (C=O) groups excluding carboxylic acids is 1. The van der Waals surface area contributed by atoms with E-state index in [1.807, 2.05) is 12.1 Å². The Morgan fingerprint density at radius 1 is 1.47 bits per heavy atom. The molecule has 2 rings (SSSR count). The third-order valence-electron chi connectivity index (χ3n) is 3.15. The van der Waals surface area contributed by atoms with Crippen molar-refractivity contribution in [1.29, 1.82) is 0 Å². The zero-order valence-corrected chi connectivity index (χ0v) is 10.4. The van der Waals surface area contributed by atoms with Crippen LogP contribution >= 0.6 is 0 Å². The van der Waals surface area contributed by atoms with Gasteiger partial charge in [0.15, 0.2) is 0 Å². The number of nitrogens with one attached hydrogen (secondary N) is 1. The van der Waals surface area contributed by atoms with Crippen molar-refractivity contribution < 1.29 is 4.79 Å². The van der Waals surface area contributed by atoms with Crippen LogP contribution in [0.1, 0.15) is 34.8 Å². The van der Waals surface area contributed by atoms with Crippen LogP contribution in [0.3, 0.4) is 0 Å². The molecule has 0 radical (unpaired) electrons. The van der Waals surface area contributed by atoms with E-state index in [-0.39, 0.29) is 5.91 Å². The summed E-state index contributed by atoms with van der Waals surface area (Å²) in [6.45, 7) is 2.10. The summed E-state index contributed by atoms with van der Waals surface area (Å²) < 4.78 is 0. The number of rotatable bonds is 2. The van der Waals surface area contributed by atoms with Gasteiger partial charge in [-0.3, -0.25) is 9.78 Å². The number of pyridine rings is 1. The van der Waals surface area contributed by atoms with Gasteiger partial charge in [0.2, 0.25) is 0 Å².